The highest BCUT2D eigenvalue weighted by Crippen LogP contribution is 2.12. The molecule has 0 unspecified atom stereocenters. The van der Waals surface area contributed by atoms with Crippen molar-refractivity contribution in [3.05, 3.63) is 17.5 Å². The van der Waals surface area contributed by atoms with E-state index in [4.69, 9.17) is 0 Å². The fourth-order valence-electron chi connectivity index (χ4n) is 1.49. The highest BCUT2D eigenvalue weighted by atomic mass is 16.1. The van der Waals surface area contributed by atoms with E-state index in [0.717, 1.165) is 5.69 Å². The summed E-state index contributed by atoms with van der Waals surface area (Å²) in [7, 11) is 1.78. The van der Waals surface area contributed by atoms with Crippen molar-refractivity contribution in [2.75, 3.05) is 0 Å². The zero-order valence-corrected chi connectivity index (χ0v) is 10.3. The van der Waals surface area contributed by atoms with Crippen molar-refractivity contribution >= 4 is 11.6 Å². The quantitative estimate of drug-likeness (QED) is 0.563. The van der Waals surface area contributed by atoms with Gasteiger partial charge in [-0.2, -0.15) is 5.10 Å². The Morgan fingerprint density at radius 3 is 2.56 bits per heavy atom. The molecule has 0 aromatic carbocycles. The molecule has 0 saturated heterocycles. The zero-order chi connectivity index (χ0) is 12.3. The third kappa shape index (κ3) is 2.78. The lowest BCUT2D eigenvalue weighted by Crippen LogP contribution is -2.14. The third-order valence-electron chi connectivity index (χ3n) is 2.52. The molecular formula is C12H18N2O2. The molecule has 1 heterocycles. The van der Waals surface area contributed by atoms with Gasteiger partial charge in [0.05, 0.1) is 17.7 Å². The number of carbonyl (C=O) groups is 2. The van der Waals surface area contributed by atoms with Gasteiger partial charge < -0.3 is 0 Å². The molecule has 0 bridgehead atoms. The summed E-state index contributed by atoms with van der Waals surface area (Å²) >= 11 is 0. The van der Waals surface area contributed by atoms with Gasteiger partial charge in [0.25, 0.3) is 0 Å². The fourth-order valence-corrected chi connectivity index (χ4v) is 1.49. The first-order valence-electron chi connectivity index (χ1n) is 5.54. The molecule has 1 aromatic heterocycles. The molecule has 0 aliphatic carbocycles. The second-order valence-corrected chi connectivity index (χ2v) is 4.24. The predicted molar refractivity (Wildman–Crippen MR) is 61.4 cm³/mol. The van der Waals surface area contributed by atoms with Crippen LogP contribution in [-0.4, -0.2) is 21.3 Å². The minimum atomic E-state index is -0.122. The molecule has 4 nitrogen and oxygen atoms in total. The minimum Gasteiger partial charge on any atom is -0.299 e. The number of hydrogen-bond donors (Lipinski definition) is 0. The van der Waals surface area contributed by atoms with Crippen LogP contribution < -0.4 is 0 Å². The van der Waals surface area contributed by atoms with E-state index in [1.54, 1.807) is 31.8 Å². The Morgan fingerprint density at radius 2 is 2.06 bits per heavy atom. The molecule has 0 spiro atoms. The van der Waals surface area contributed by atoms with Crippen LogP contribution >= 0.6 is 0 Å². The van der Waals surface area contributed by atoms with Crippen LogP contribution in [0.15, 0.2) is 6.20 Å². The number of aryl methyl sites for hydroxylation is 2. The molecular weight excluding hydrogens is 204 g/mol. The van der Waals surface area contributed by atoms with Gasteiger partial charge in [-0.3, -0.25) is 14.3 Å². The Balaban J connectivity index is 2.84. The maximum Gasteiger partial charge on any atom is 0.173 e. The van der Waals surface area contributed by atoms with Crippen molar-refractivity contribution in [2.24, 2.45) is 13.0 Å². The summed E-state index contributed by atoms with van der Waals surface area (Å²) in [5.41, 5.74) is 1.35. The summed E-state index contributed by atoms with van der Waals surface area (Å²) < 4.78 is 1.62. The molecule has 0 fully saturated rings. The smallest absolute Gasteiger partial charge is 0.173 e. The number of rotatable bonds is 5. The molecule has 1 aromatic rings. The van der Waals surface area contributed by atoms with Crippen LogP contribution in [0.2, 0.25) is 0 Å². The molecule has 0 saturated carbocycles. The van der Waals surface area contributed by atoms with E-state index < -0.39 is 0 Å². The van der Waals surface area contributed by atoms with Gasteiger partial charge in [-0.1, -0.05) is 20.8 Å². The maximum absolute atomic E-state index is 11.9. The third-order valence-corrected chi connectivity index (χ3v) is 2.52. The van der Waals surface area contributed by atoms with Gasteiger partial charge in [0.15, 0.2) is 5.78 Å². The van der Waals surface area contributed by atoms with Crippen molar-refractivity contribution in [1.82, 2.24) is 9.78 Å². The summed E-state index contributed by atoms with van der Waals surface area (Å²) in [6, 6.07) is 0. The monoisotopic (exact) mass is 222 g/mol. The van der Waals surface area contributed by atoms with E-state index in [2.05, 4.69) is 5.10 Å². The van der Waals surface area contributed by atoms with Gasteiger partial charge >= 0.3 is 0 Å². The average molecular weight is 222 g/mol. The fraction of sp³-hybridized carbons (Fsp3) is 0.583. The van der Waals surface area contributed by atoms with Gasteiger partial charge in [-0.05, 0) is 6.42 Å². The summed E-state index contributed by atoms with van der Waals surface area (Å²) in [6.07, 6.45) is 2.38. The Labute approximate surface area is 95.6 Å². The number of aromatic nitrogens is 2. The first-order chi connectivity index (χ1) is 7.45. The first-order valence-corrected chi connectivity index (χ1v) is 5.54. The molecule has 4 heteroatoms. The van der Waals surface area contributed by atoms with Crippen molar-refractivity contribution in [2.45, 2.75) is 33.6 Å². The molecule has 0 N–H and O–H groups in total. The summed E-state index contributed by atoms with van der Waals surface area (Å²) in [4.78, 5) is 23.4. The number of ketones is 2. The van der Waals surface area contributed by atoms with Crippen molar-refractivity contribution < 1.29 is 9.59 Å². The molecule has 0 atom stereocenters. The SMILES string of the molecule is CCc1nn(C)cc1C(=O)CC(=O)C(C)C. The molecule has 1 rings (SSSR count). The second-order valence-electron chi connectivity index (χ2n) is 4.24. The van der Waals surface area contributed by atoms with E-state index in [0.29, 0.717) is 12.0 Å². The molecule has 0 amide bonds. The van der Waals surface area contributed by atoms with Crippen LogP contribution in [0.4, 0.5) is 0 Å². The first kappa shape index (κ1) is 12.6. The highest BCUT2D eigenvalue weighted by molar-refractivity contribution is 6.08. The van der Waals surface area contributed by atoms with Crippen molar-refractivity contribution in [3.63, 3.8) is 0 Å². The lowest BCUT2D eigenvalue weighted by molar-refractivity contribution is -0.121. The van der Waals surface area contributed by atoms with E-state index in [9.17, 15) is 9.59 Å². The van der Waals surface area contributed by atoms with Crippen LogP contribution in [0.25, 0.3) is 0 Å². The Kier molecular flexibility index (Phi) is 3.99. The lowest BCUT2D eigenvalue weighted by atomic mass is 10.00. The molecule has 88 valence electrons. The van der Waals surface area contributed by atoms with Gasteiger partial charge in [0, 0.05) is 19.2 Å². The number of hydrogen-bond acceptors (Lipinski definition) is 3. The Hall–Kier alpha value is -1.45. The van der Waals surface area contributed by atoms with Gasteiger partial charge in [0.2, 0.25) is 0 Å². The minimum absolute atomic E-state index is 0.0175. The van der Waals surface area contributed by atoms with Crippen molar-refractivity contribution in [1.29, 1.82) is 0 Å². The van der Waals surface area contributed by atoms with Crippen LogP contribution in [-0.2, 0) is 18.3 Å². The van der Waals surface area contributed by atoms with E-state index in [-0.39, 0.29) is 23.9 Å². The molecule has 0 radical (unpaired) electrons. The summed E-state index contributed by atoms with van der Waals surface area (Å²) in [5, 5.41) is 4.19. The van der Waals surface area contributed by atoms with Gasteiger partial charge in [-0.25, -0.2) is 0 Å². The zero-order valence-electron chi connectivity index (χ0n) is 10.3. The van der Waals surface area contributed by atoms with Crippen LogP contribution in [0.3, 0.4) is 0 Å². The maximum atomic E-state index is 11.9. The molecule has 16 heavy (non-hydrogen) atoms. The van der Waals surface area contributed by atoms with Gasteiger partial charge in [-0.15, -0.1) is 0 Å². The summed E-state index contributed by atoms with van der Waals surface area (Å²) in [6.45, 7) is 5.56. The molecule has 0 aliphatic rings. The number of Topliss-reactive ketones (excluding diaryl/α,β-unsaturated/α-hetero) is 2. The van der Waals surface area contributed by atoms with Crippen LogP contribution in [0, 0.1) is 5.92 Å². The highest BCUT2D eigenvalue weighted by Gasteiger charge is 2.18. The lowest BCUT2D eigenvalue weighted by Gasteiger charge is -2.02. The van der Waals surface area contributed by atoms with E-state index >= 15 is 0 Å². The predicted octanol–water partition coefficient (Wildman–Crippen LogP) is 1.78. The Bertz CT molecular complexity index is 405. The summed E-state index contributed by atoms with van der Waals surface area (Å²) in [5.74, 6) is -0.231. The number of nitrogens with zero attached hydrogens (tertiary/aromatic N) is 2. The number of carbonyl (C=O) groups excluding carboxylic acids is 2. The standard InChI is InChI=1S/C12H18N2O2/c1-5-10-9(7-14(4)13-10)12(16)6-11(15)8(2)3/h7-8H,5-6H2,1-4H3. The Morgan fingerprint density at radius 1 is 1.44 bits per heavy atom. The van der Waals surface area contributed by atoms with Gasteiger partial charge in [0.1, 0.15) is 5.78 Å². The molecule has 0 aliphatic heterocycles. The van der Waals surface area contributed by atoms with E-state index in [1.807, 2.05) is 6.92 Å². The topological polar surface area (TPSA) is 52.0 Å². The van der Waals surface area contributed by atoms with Crippen LogP contribution in [0.1, 0.15) is 43.2 Å². The second kappa shape index (κ2) is 5.05. The normalized spacial score (nSPS) is 10.8. The van der Waals surface area contributed by atoms with E-state index in [1.165, 1.54) is 0 Å². The largest absolute Gasteiger partial charge is 0.299 e. The van der Waals surface area contributed by atoms with Crippen molar-refractivity contribution in [3.8, 4) is 0 Å². The average Bonchev–Trinajstić information content (AvgIpc) is 2.59. The van der Waals surface area contributed by atoms with Crippen LogP contribution in [0.5, 0.6) is 0 Å².